The first kappa shape index (κ1) is 15.6. The van der Waals surface area contributed by atoms with Gasteiger partial charge in [-0.3, -0.25) is 4.79 Å². The SMILES string of the molecule is Cc1ccc(NC(=O)CSCc2ccccc2F)c(C)c1. The second-order valence-corrected chi connectivity index (χ2v) is 5.94. The molecule has 0 bridgehead atoms. The van der Waals surface area contributed by atoms with Crippen molar-refractivity contribution < 1.29 is 9.18 Å². The van der Waals surface area contributed by atoms with E-state index in [1.807, 2.05) is 32.0 Å². The van der Waals surface area contributed by atoms with Crippen molar-refractivity contribution in [3.63, 3.8) is 0 Å². The van der Waals surface area contributed by atoms with Gasteiger partial charge in [0.05, 0.1) is 5.75 Å². The number of benzene rings is 2. The minimum absolute atomic E-state index is 0.0664. The second kappa shape index (κ2) is 7.27. The Morgan fingerprint density at radius 1 is 1.19 bits per heavy atom. The van der Waals surface area contributed by atoms with Crippen molar-refractivity contribution in [2.45, 2.75) is 19.6 Å². The lowest BCUT2D eigenvalue weighted by Crippen LogP contribution is -2.15. The van der Waals surface area contributed by atoms with Crippen LogP contribution in [0.3, 0.4) is 0 Å². The van der Waals surface area contributed by atoms with E-state index in [9.17, 15) is 9.18 Å². The topological polar surface area (TPSA) is 29.1 Å². The van der Waals surface area contributed by atoms with Gasteiger partial charge < -0.3 is 5.32 Å². The highest BCUT2D eigenvalue weighted by atomic mass is 32.2. The molecule has 2 rings (SSSR count). The van der Waals surface area contributed by atoms with E-state index in [4.69, 9.17) is 0 Å². The summed E-state index contributed by atoms with van der Waals surface area (Å²) in [4.78, 5) is 11.9. The van der Waals surface area contributed by atoms with Crippen molar-refractivity contribution in [1.29, 1.82) is 0 Å². The summed E-state index contributed by atoms with van der Waals surface area (Å²) in [6.07, 6.45) is 0. The Kier molecular flexibility index (Phi) is 5.39. The molecule has 0 aliphatic heterocycles. The summed E-state index contributed by atoms with van der Waals surface area (Å²) in [5.74, 6) is 0.511. The number of anilines is 1. The molecule has 2 aromatic carbocycles. The highest BCUT2D eigenvalue weighted by Crippen LogP contribution is 2.18. The normalized spacial score (nSPS) is 10.4. The van der Waals surface area contributed by atoms with Gasteiger partial charge in [0.2, 0.25) is 5.91 Å². The van der Waals surface area contributed by atoms with Crippen LogP contribution in [0.25, 0.3) is 0 Å². The van der Waals surface area contributed by atoms with Crippen LogP contribution >= 0.6 is 11.8 Å². The van der Waals surface area contributed by atoms with Crippen molar-refractivity contribution in [2.75, 3.05) is 11.1 Å². The first-order valence-corrected chi connectivity index (χ1v) is 7.90. The molecule has 1 N–H and O–H groups in total. The van der Waals surface area contributed by atoms with E-state index in [0.29, 0.717) is 17.1 Å². The smallest absolute Gasteiger partial charge is 0.234 e. The van der Waals surface area contributed by atoms with E-state index in [0.717, 1.165) is 11.3 Å². The number of hydrogen-bond acceptors (Lipinski definition) is 2. The van der Waals surface area contributed by atoms with Gasteiger partial charge in [0.25, 0.3) is 0 Å². The van der Waals surface area contributed by atoms with Crippen molar-refractivity contribution in [2.24, 2.45) is 0 Å². The van der Waals surface area contributed by atoms with Crippen LogP contribution in [0.1, 0.15) is 16.7 Å². The summed E-state index contributed by atoms with van der Waals surface area (Å²) in [6, 6.07) is 12.5. The van der Waals surface area contributed by atoms with Gasteiger partial charge in [-0.2, -0.15) is 0 Å². The second-order valence-electron chi connectivity index (χ2n) is 4.95. The maximum atomic E-state index is 13.4. The molecule has 4 heteroatoms. The molecule has 0 unspecified atom stereocenters. The van der Waals surface area contributed by atoms with E-state index < -0.39 is 0 Å². The first-order chi connectivity index (χ1) is 10.1. The maximum Gasteiger partial charge on any atom is 0.234 e. The van der Waals surface area contributed by atoms with Crippen molar-refractivity contribution in [3.8, 4) is 0 Å². The predicted molar refractivity (Wildman–Crippen MR) is 87.1 cm³/mol. The molecule has 0 aliphatic rings. The quantitative estimate of drug-likeness (QED) is 0.891. The molecule has 2 nitrogen and oxygen atoms in total. The molecular weight excluding hydrogens is 285 g/mol. The van der Waals surface area contributed by atoms with Gasteiger partial charge in [-0.05, 0) is 37.1 Å². The lowest BCUT2D eigenvalue weighted by molar-refractivity contribution is -0.113. The number of hydrogen-bond donors (Lipinski definition) is 1. The summed E-state index contributed by atoms with van der Waals surface area (Å²) in [5, 5.41) is 2.88. The summed E-state index contributed by atoms with van der Waals surface area (Å²) in [5.41, 5.74) is 3.67. The summed E-state index contributed by atoms with van der Waals surface area (Å²) in [6.45, 7) is 3.98. The van der Waals surface area contributed by atoms with Gasteiger partial charge in [-0.1, -0.05) is 35.9 Å². The number of carbonyl (C=O) groups excluding carboxylic acids is 1. The van der Waals surface area contributed by atoms with Crippen molar-refractivity contribution in [1.82, 2.24) is 0 Å². The molecule has 0 fully saturated rings. The third kappa shape index (κ3) is 4.60. The molecule has 0 heterocycles. The highest BCUT2D eigenvalue weighted by Gasteiger charge is 2.06. The number of carbonyl (C=O) groups is 1. The van der Waals surface area contributed by atoms with Crippen LogP contribution in [0.4, 0.5) is 10.1 Å². The fraction of sp³-hybridized carbons (Fsp3) is 0.235. The number of amides is 1. The molecule has 1 amide bonds. The Labute approximate surface area is 128 Å². The molecule has 110 valence electrons. The number of halogens is 1. The Bertz CT molecular complexity index is 642. The lowest BCUT2D eigenvalue weighted by atomic mass is 10.1. The molecule has 0 aliphatic carbocycles. The van der Waals surface area contributed by atoms with E-state index >= 15 is 0 Å². The minimum atomic E-state index is -0.222. The fourth-order valence-corrected chi connectivity index (χ4v) is 2.82. The van der Waals surface area contributed by atoms with Crippen LogP contribution in [0, 0.1) is 19.7 Å². The third-order valence-corrected chi connectivity index (χ3v) is 4.09. The van der Waals surface area contributed by atoms with Gasteiger partial charge in [-0.25, -0.2) is 4.39 Å². The van der Waals surface area contributed by atoms with E-state index in [2.05, 4.69) is 5.32 Å². The monoisotopic (exact) mass is 303 g/mol. The average Bonchev–Trinajstić information content (AvgIpc) is 2.44. The molecule has 0 spiro atoms. The van der Waals surface area contributed by atoms with Crippen LogP contribution in [0.15, 0.2) is 42.5 Å². The lowest BCUT2D eigenvalue weighted by Gasteiger charge is -2.09. The molecule has 0 aromatic heterocycles. The fourth-order valence-electron chi connectivity index (χ4n) is 2.01. The van der Waals surface area contributed by atoms with E-state index in [1.54, 1.807) is 18.2 Å². The number of nitrogens with one attached hydrogen (secondary N) is 1. The third-order valence-electron chi connectivity index (χ3n) is 3.10. The van der Waals surface area contributed by atoms with E-state index in [-0.39, 0.29) is 11.7 Å². The minimum Gasteiger partial charge on any atom is -0.325 e. The molecule has 0 saturated heterocycles. The van der Waals surface area contributed by atoms with E-state index in [1.165, 1.54) is 23.4 Å². The van der Waals surface area contributed by atoms with Gasteiger partial charge >= 0.3 is 0 Å². The molecule has 0 radical (unpaired) electrons. The van der Waals surface area contributed by atoms with Gasteiger partial charge in [0.15, 0.2) is 0 Å². The Hall–Kier alpha value is -1.81. The van der Waals surface area contributed by atoms with Gasteiger partial charge in [-0.15, -0.1) is 11.8 Å². The summed E-state index contributed by atoms with van der Waals surface area (Å²) < 4.78 is 13.4. The molecular formula is C17H18FNOS. The number of thioether (sulfide) groups is 1. The average molecular weight is 303 g/mol. The van der Waals surface area contributed by atoms with Gasteiger partial charge in [0.1, 0.15) is 5.82 Å². The Balaban J connectivity index is 1.84. The number of aryl methyl sites for hydroxylation is 2. The molecule has 2 aromatic rings. The Morgan fingerprint density at radius 2 is 1.95 bits per heavy atom. The van der Waals surface area contributed by atoms with Gasteiger partial charge in [0, 0.05) is 11.4 Å². The van der Waals surface area contributed by atoms with Crippen LogP contribution in [-0.4, -0.2) is 11.7 Å². The van der Waals surface area contributed by atoms with Crippen LogP contribution in [0.5, 0.6) is 0 Å². The van der Waals surface area contributed by atoms with Crippen LogP contribution < -0.4 is 5.32 Å². The summed E-state index contributed by atoms with van der Waals surface area (Å²) in [7, 11) is 0. The maximum absolute atomic E-state index is 13.4. The summed E-state index contributed by atoms with van der Waals surface area (Å²) >= 11 is 1.40. The zero-order valence-corrected chi connectivity index (χ0v) is 13.0. The van der Waals surface area contributed by atoms with Crippen molar-refractivity contribution in [3.05, 3.63) is 65.0 Å². The highest BCUT2D eigenvalue weighted by molar-refractivity contribution is 7.99. The van der Waals surface area contributed by atoms with Crippen LogP contribution in [0.2, 0.25) is 0 Å². The predicted octanol–water partition coefficient (Wildman–Crippen LogP) is 4.31. The standard InChI is InChI=1S/C17H18FNOS/c1-12-7-8-16(13(2)9-12)19-17(20)11-21-10-14-5-3-4-6-15(14)18/h3-9H,10-11H2,1-2H3,(H,19,20). The van der Waals surface area contributed by atoms with Crippen molar-refractivity contribution >= 4 is 23.4 Å². The largest absolute Gasteiger partial charge is 0.325 e. The zero-order chi connectivity index (χ0) is 15.2. The number of rotatable bonds is 5. The molecule has 21 heavy (non-hydrogen) atoms. The first-order valence-electron chi connectivity index (χ1n) is 6.74. The zero-order valence-electron chi connectivity index (χ0n) is 12.2. The Morgan fingerprint density at radius 3 is 2.67 bits per heavy atom. The molecule has 0 saturated carbocycles. The van der Waals surface area contributed by atoms with Crippen LogP contribution in [-0.2, 0) is 10.5 Å². The molecule has 0 atom stereocenters.